The second kappa shape index (κ2) is 4.73. The molecule has 0 spiro atoms. The van der Waals surface area contributed by atoms with Crippen molar-refractivity contribution in [1.82, 2.24) is 10.3 Å². The number of nitrogens with one attached hydrogen (secondary N) is 1. The van der Waals surface area contributed by atoms with Gasteiger partial charge in [0.15, 0.2) is 5.58 Å². The Morgan fingerprint density at radius 3 is 3.17 bits per heavy atom. The van der Waals surface area contributed by atoms with E-state index in [1.165, 1.54) is 18.4 Å². The Morgan fingerprint density at radius 2 is 2.33 bits per heavy atom. The molecular weight excluding hydrogens is 224 g/mol. The van der Waals surface area contributed by atoms with E-state index in [9.17, 15) is 0 Å². The van der Waals surface area contributed by atoms with E-state index in [4.69, 9.17) is 4.42 Å². The predicted octanol–water partition coefficient (Wildman–Crippen LogP) is 3.59. The molecule has 1 N–H and O–H groups in total. The minimum atomic E-state index is 0.288. The Bertz CT molecular complexity index is 546. The molecule has 2 atom stereocenters. The Balaban J connectivity index is 1.89. The van der Waals surface area contributed by atoms with Gasteiger partial charge < -0.3 is 9.73 Å². The van der Waals surface area contributed by atoms with Crippen LogP contribution in [-0.2, 0) is 0 Å². The lowest BCUT2D eigenvalue weighted by Gasteiger charge is -2.27. The van der Waals surface area contributed by atoms with Crippen LogP contribution < -0.4 is 5.32 Å². The fourth-order valence-electron chi connectivity index (χ4n) is 2.76. The van der Waals surface area contributed by atoms with Crippen LogP contribution in [0.25, 0.3) is 11.1 Å². The van der Waals surface area contributed by atoms with Gasteiger partial charge >= 0.3 is 0 Å². The molecule has 3 heteroatoms. The fourth-order valence-corrected chi connectivity index (χ4v) is 2.76. The largest absolute Gasteiger partial charge is 0.439 e. The topological polar surface area (TPSA) is 38.1 Å². The Hall–Kier alpha value is -1.35. The summed E-state index contributed by atoms with van der Waals surface area (Å²) in [7, 11) is 0. The first-order valence-electron chi connectivity index (χ1n) is 6.86. The maximum Gasteiger partial charge on any atom is 0.212 e. The molecule has 0 saturated carbocycles. The zero-order chi connectivity index (χ0) is 12.5. The van der Waals surface area contributed by atoms with Crippen molar-refractivity contribution in [3.63, 3.8) is 0 Å². The van der Waals surface area contributed by atoms with E-state index in [2.05, 4.69) is 36.3 Å². The summed E-state index contributed by atoms with van der Waals surface area (Å²) in [5, 5.41) is 3.52. The maximum absolute atomic E-state index is 5.88. The van der Waals surface area contributed by atoms with Crippen molar-refractivity contribution in [3.05, 3.63) is 29.7 Å². The Labute approximate surface area is 108 Å². The van der Waals surface area contributed by atoms with Gasteiger partial charge in [0, 0.05) is 0 Å². The van der Waals surface area contributed by atoms with E-state index in [0.717, 1.165) is 35.9 Å². The molecule has 0 amide bonds. The summed E-state index contributed by atoms with van der Waals surface area (Å²) in [5.74, 6) is 1.65. The van der Waals surface area contributed by atoms with Crippen LogP contribution in [0.1, 0.15) is 43.7 Å². The highest BCUT2D eigenvalue weighted by molar-refractivity contribution is 5.73. The lowest BCUT2D eigenvalue weighted by atomic mass is 9.90. The van der Waals surface area contributed by atoms with E-state index < -0.39 is 0 Å². The van der Waals surface area contributed by atoms with Crippen LogP contribution in [0.5, 0.6) is 0 Å². The van der Waals surface area contributed by atoms with Gasteiger partial charge in [-0.2, -0.15) is 0 Å². The number of aromatic nitrogens is 1. The van der Waals surface area contributed by atoms with Crippen LogP contribution in [0.15, 0.2) is 22.6 Å². The molecule has 3 rings (SSSR count). The minimum absolute atomic E-state index is 0.288. The van der Waals surface area contributed by atoms with Crippen molar-refractivity contribution in [2.75, 3.05) is 6.54 Å². The molecule has 0 aliphatic carbocycles. The smallest absolute Gasteiger partial charge is 0.212 e. The van der Waals surface area contributed by atoms with Gasteiger partial charge in [-0.3, -0.25) is 0 Å². The summed E-state index contributed by atoms with van der Waals surface area (Å²) >= 11 is 0. The minimum Gasteiger partial charge on any atom is -0.439 e. The van der Waals surface area contributed by atoms with Crippen molar-refractivity contribution in [1.29, 1.82) is 0 Å². The SMILES string of the molecule is CCC1CCNC(c2nc3cc(C)ccc3o2)C1. The first-order valence-corrected chi connectivity index (χ1v) is 6.86. The molecule has 1 aliphatic heterocycles. The lowest BCUT2D eigenvalue weighted by molar-refractivity contribution is 0.268. The molecule has 0 bridgehead atoms. The molecule has 3 nitrogen and oxygen atoms in total. The fraction of sp³-hybridized carbons (Fsp3) is 0.533. The van der Waals surface area contributed by atoms with E-state index in [-0.39, 0.29) is 6.04 Å². The normalized spacial score (nSPS) is 24.6. The summed E-state index contributed by atoms with van der Waals surface area (Å²) in [6.45, 7) is 5.42. The second-order valence-electron chi connectivity index (χ2n) is 5.33. The van der Waals surface area contributed by atoms with Crippen molar-refractivity contribution in [2.24, 2.45) is 5.92 Å². The number of hydrogen-bond donors (Lipinski definition) is 1. The van der Waals surface area contributed by atoms with Gasteiger partial charge in [0.25, 0.3) is 0 Å². The molecule has 2 heterocycles. The quantitative estimate of drug-likeness (QED) is 0.877. The molecule has 1 aromatic carbocycles. The average Bonchev–Trinajstić information content (AvgIpc) is 2.81. The molecule has 18 heavy (non-hydrogen) atoms. The van der Waals surface area contributed by atoms with Gasteiger partial charge in [0.05, 0.1) is 6.04 Å². The first kappa shape index (κ1) is 11.7. The number of hydrogen-bond acceptors (Lipinski definition) is 3. The molecule has 1 aromatic heterocycles. The van der Waals surface area contributed by atoms with Gasteiger partial charge in [-0.05, 0) is 49.9 Å². The maximum atomic E-state index is 5.88. The molecular formula is C15H20N2O. The summed E-state index contributed by atoms with van der Waals surface area (Å²) in [6, 6.07) is 6.46. The standard InChI is InChI=1S/C15H20N2O/c1-3-11-6-7-16-13(9-11)15-17-12-8-10(2)4-5-14(12)18-15/h4-5,8,11,13,16H,3,6-7,9H2,1-2H3. The van der Waals surface area contributed by atoms with Crippen molar-refractivity contribution < 1.29 is 4.42 Å². The van der Waals surface area contributed by atoms with Crippen LogP contribution in [0.3, 0.4) is 0 Å². The van der Waals surface area contributed by atoms with E-state index in [1.54, 1.807) is 0 Å². The first-order chi connectivity index (χ1) is 8.76. The lowest BCUT2D eigenvalue weighted by Crippen LogP contribution is -2.31. The van der Waals surface area contributed by atoms with E-state index in [0.29, 0.717) is 0 Å². The molecule has 2 aromatic rings. The van der Waals surface area contributed by atoms with E-state index in [1.807, 2.05) is 6.07 Å². The molecule has 1 saturated heterocycles. The van der Waals surface area contributed by atoms with Crippen LogP contribution in [0.4, 0.5) is 0 Å². The molecule has 0 radical (unpaired) electrons. The van der Waals surface area contributed by atoms with Crippen molar-refractivity contribution in [3.8, 4) is 0 Å². The van der Waals surface area contributed by atoms with Crippen LogP contribution >= 0.6 is 0 Å². The van der Waals surface area contributed by atoms with Crippen LogP contribution in [0.2, 0.25) is 0 Å². The summed E-state index contributed by atoms with van der Waals surface area (Å²) in [5.41, 5.74) is 3.10. The van der Waals surface area contributed by atoms with Crippen molar-refractivity contribution >= 4 is 11.1 Å². The Morgan fingerprint density at radius 1 is 1.44 bits per heavy atom. The van der Waals surface area contributed by atoms with E-state index >= 15 is 0 Å². The molecule has 96 valence electrons. The van der Waals surface area contributed by atoms with Gasteiger partial charge in [-0.25, -0.2) is 4.98 Å². The third-order valence-corrected chi connectivity index (χ3v) is 3.95. The number of nitrogens with zero attached hydrogens (tertiary/aromatic N) is 1. The monoisotopic (exact) mass is 244 g/mol. The number of rotatable bonds is 2. The third-order valence-electron chi connectivity index (χ3n) is 3.95. The second-order valence-corrected chi connectivity index (χ2v) is 5.33. The Kier molecular flexibility index (Phi) is 3.08. The van der Waals surface area contributed by atoms with Gasteiger partial charge in [-0.15, -0.1) is 0 Å². The third kappa shape index (κ3) is 2.15. The van der Waals surface area contributed by atoms with Crippen LogP contribution in [-0.4, -0.2) is 11.5 Å². The summed E-state index contributed by atoms with van der Waals surface area (Å²) in [6.07, 6.45) is 3.66. The van der Waals surface area contributed by atoms with Gasteiger partial charge in [-0.1, -0.05) is 19.4 Å². The zero-order valence-corrected chi connectivity index (χ0v) is 11.1. The molecule has 1 aliphatic rings. The zero-order valence-electron chi connectivity index (χ0n) is 11.1. The summed E-state index contributed by atoms with van der Waals surface area (Å²) in [4.78, 5) is 4.64. The van der Waals surface area contributed by atoms with Gasteiger partial charge in [0.2, 0.25) is 5.89 Å². The predicted molar refractivity (Wildman–Crippen MR) is 72.5 cm³/mol. The number of aryl methyl sites for hydroxylation is 1. The number of fused-ring (bicyclic) bond motifs is 1. The number of piperidine rings is 1. The highest BCUT2D eigenvalue weighted by Gasteiger charge is 2.25. The highest BCUT2D eigenvalue weighted by Crippen LogP contribution is 2.30. The number of benzene rings is 1. The molecule has 1 fully saturated rings. The molecule has 2 unspecified atom stereocenters. The highest BCUT2D eigenvalue weighted by atomic mass is 16.3. The van der Waals surface area contributed by atoms with Crippen molar-refractivity contribution in [2.45, 2.75) is 39.2 Å². The average molecular weight is 244 g/mol. The van der Waals surface area contributed by atoms with Crippen LogP contribution in [0, 0.1) is 12.8 Å². The van der Waals surface area contributed by atoms with Gasteiger partial charge in [0.1, 0.15) is 5.52 Å². The number of oxazole rings is 1. The summed E-state index contributed by atoms with van der Waals surface area (Å²) < 4.78 is 5.88.